The molecule has 0 aromatic carbocycles. The van der Waals surface area contributed by atoms with Crippen LogP contribution in [0.3, 0.4) is 0 Å². The fourth-order valence-corrected chi connectivity index (χ4v) is 2.33. The molecule has 0 aliphatic heterocycles. The molecule has 0 aromatic heterocycles. The quantitative estimate of drug-likeness (QED) is 0.693. The van der Waals surface area contributed by atoms with E-state index in [1.165, 1.54) is 0 Å². The van der Waals surface area contributed by atoms with E-state index in [0.29, 0.717) is 23.7 Å². The van der Waals surface area contributed by atoms with Gasteiger partial charge < -0.3 is 5.11 Å². The van der Waals surface area contributed by atoms with Crippen molar-refractivity contribution in [3.63, 3.8) is 0 Å². The summed E-state index contributed by atoms with van der Waals surface area (Å²) in [6.07, 6.45) is 2.13. The molecule has 0 radical (unpaired) electrons. The zero-order chi connectivity index (χ0) is 11.3. The first-order chi connectivity index (χ1) is 6.34. The van der Waals surface area contributed by atoms with Gasteiger partial charge in [0.05, 0.1) is 6.10 Å². The van der Waals surface area contributed by atoms with E-state index in [2.05, 4.69) is 41.5 Å². The van der Waals surface area contributed by atoms with Crippen LogP contribution < -0.4 is 0 Å². The Labute approximate surface area is 89.9 Å². The summed E-state index contributed by atoms with van der Waals surface area (Å²) < 4.78 is 0. The minimum Gasteiger partial charge on any atom is -0.393 e. The van der Waals surface area contributed by atoms with Crippen LogP contribution in [0.4, 0.5) is 0 Å². The highest BCUT2D eigenvalue weighted by Gasteiger charge is 2.22. The Morgan fingerprint density at radius 1 is 0.714 bits per heavy atom. The fraction of sp³-hybridized carbons (Fsp3) is 1.00. The first-order valence-corrected chi connectivity index (χ1v) is 6.02. The van der Waals surface area contributed by atoms with E-state index < -0.39 is 0 Å². The van der Waals surface area contributed by atoms with Gasteiger partial charge in [-0.25, -0.2) is 0 Å². The summed E-state index contributed by atoms with van der Waals surface area (Å²) in [6, 6.07) is 0. The maximum atomic E-state index is 10.1. The van der Waals surface area contributed by atoms with E-state index in [1.807, 2.05) is 0 Å². The monoisotopic (exact) mass is 200 g/mol. The number of rotatable bonds is 6. The third kappa shape index (κ3) is 5.64. The van der Waals surface area contributed by atoms with Crippen LogP contribution in [0.15, 0.2) is 0 Å². The van der Waals surface area contributed by atoms with Crippen LogP contribution in [0, 0.1) is 23.7 Å². The van der Waals surface area contributed by atoms with Crippen LogP contribution in [-0.2, 0) is 0 Å². The molecule has 0 rings (SSSR count). The lowest BCUT2D eigenvalue weighted by molar-refractivity contribution is 0.0473. The average Bonchev–Trinajstić information content (AvgIpc) is 2.00. The number of aliphatic hydroxyl groups excluding tert-OH is 1. The lowest BCUT2D eigenvalue weighted by atomic mass is 9.84. The standard InChI is InChI=1S/C13H28O/c1-9(2)7-11(5)13(14)12(6)8-10(3)4/h9-14H,7-8H2,1-6H3. The van der Waals surface area contributed by atoms with Crippen LogP contribution in [0.25, 0.3) is 0 Å². The van der Waals surface area contributed by atoms with Gasteiger partial charge in [-0.1, -0.05) is 41.5 Å². The van der Waals surface area contributed by atoms with Crippen molar-refractivity contribution in [2.75, 3.05) is 0 Å². The lowest BCUT2D eigenvalue weighted by Gasteiger charge is -2.27. The summed E-state index contributed by atoms with van der Waals surface area (Å²) in [4.78, 5) is 0. The van der Waals surface area contributed by atoms with Crippen molar-refractivity contribution in [1.29, 1.82) is 0 Å². The Kier molecular flexibility index (Phi) is 6.43. The topological polar surface area (TPSA) is 20.2 Å². The van der Waals surface area contributed by atoms with E-state index in [9.17, 15) is 5.11 Å². The van der Waals surface area contributed by atoms with Gasteiger partial charge in [-0.15, -0.1) is 0 Å². The molecule has 14 heavy (non-hydrogen) atoms. The summed E-state index contributed by atoms with van der Waals surface area (Å²) in [5.74, 6) is 2.24. The van der Waals surface area contributed by atoms with Crippen LogP contribution >= 0.6 is 0 Å². The molecule has 0 heterocycles. The Hall–Kier alpha value is -0.0400. The van der Waals surface area contributed by atoms with Crippen molar-refractivity contribution in [1.82, 2.24) is 0 Å². The second kappa shape index (κ2) is 6.44. The van der Waals surface area contributed by atoms with Crippen molar-refractivity contribution in [2.45, 2.75) is 60.5 Å². The Morgan fingerprint density at radius 3 is 1.21 bits per heavy atom. The van der Waals surface area contributed by atoms with Gasteiger partial charge in [-0.3, -0.25) is 0 Å². The second-order valence-electron chi connectivity index (χ2n) is 5.70. The van der Waals surface area contributed by atoms with E-state index in [-0.39, 0.29) is 6.10 Å². The molecule has 0 fully saturated rings. The Balaban J connectivity index is 3.96. The maximum absolute atomic E-state index is 10.1. The molecule has 0 aliphatic carbocycles. The Bertz CT molecular complexity index is 124. The summed E-state index contributed by atoms with van der Waals surface area (Å²) in [5, 5.41) is 10.1. The second-order valence-corrected chi connectivity index (χ2v) is 5.70. The van der Waals surface area contributed by atoms with Gasteiger partial charge in [0.25, 0.3) is 0 Å². The normalized spacial score (nSPS) is 18.6. The zero-order valence-electron chi connectivity index (χ0n) is 10.7. The van der Waals surface area contributed by atoms with E-state index in [4.69, 9.17) is 0 Å². The molecule has 0 spiro atoms. The molecule has 86 valence electrons. The summed E-state index contributed by atoms with van der Waals surface area (Å²) in [5.41, 5.74) is 0. The molecule has 0 amide bonds. The smallest absolute Gasteiger partial charge is 0.0591 e. The number of aliphatic hydroxyl groups is 1. The van der Waals surface area contributed by atoms with Crippen LogP contribution in [-0.4, -0.2) is 11.2 Å². The molecule has 2 atom stereocenters. The van der Waals surface area contributed by atoms with Crippen molar-refractivity contribution < 1.29 is 5.11 Å². The van der Waals surface area contributed by atoms with Crippen molar-refractivity contribution >= 4 is 0 Å². The minimum absolute atomic E-state index is 0.125. The van der Waals surface area contributed by atoms with Crippen molar-refractivity contribution in [3.05, 3.63) is 0 Å². The highest BCUT2D eigenvalue weighted by Crippen LogP contribution is 2.24. The van der Waals surface area contributed by atoms with Crippen LogP contribution in [0.5, 0.6) is 0 Å². The van der Waals surface area contributed by atoms with Crippen molar-refractivity contribution in [3.8, 4) is 0 Å². The van der Waals surface area contributed by atoms with Crippen LogP contribution in [0.1, 0.15) is 54.4 Å². The largest absolute Gasteiger partial charge is 0.393 e. The molecule has 1 nitrogen and oxygen atoms in total. The molecular formula is C13H28O. The molecular weight excluding hydrogens is 172 g/mol. The predicted octanol–water partition coefficient (Wildman–Crippen LogP) is 3.71. The minimum atomic E-state index is -0.125. The third-order valence-electron chi connectivity index (χ3n) is 2.85. The molecule has 0 aliphatic rings. The summed E-state index contributed by atoms with van der Waals surface area (Å²) in [7, 11) is 0. The average molecular weight is 200 g/mol. The molecule has 1 heteroatoms. The van der Waals surface area contributed by atoms with E-state index in [1.54, 1.807) is 0 Å². The van der Waals surface area contributed by atoms with Gasteiger partial charge in [-0.05, 0) is 36.5 Å². The zero-order valence-corrected chi connectivity index (χ0v) is 10.7. The molecule has 0 bridgehead atoms. The Morgan fingerprint density at radius 2 is 1.00 bits per heavy atom. The predicted molar refractivity (Wildman–Crippen MR) is 63.2 cm³/mol. The summed E-state index contributed by atoms with van der Waals surface area (Å²) >= 11 is 0. The SMILES string of the molecule is CC(C)CC(C)C(O)C(C)CC(C)C. The van der Waals surface area contributed by atoms with Gasteiger partial charge in [0, 0.05) is 0 Å². The fourth-order valence-electron chi connectivity index (χ4n) is 2.33. The third-order valence-corrected chi connectivity index (χ3v) is 2.85. The highest BCUT2D eigenvalue weighted by atomic mass is 16.3. The van der Waals surface area contributed by atoms with E-state index >= 15 is 0 Å². The van der Waals surface area contributed by atoms with E-state index in [0.717, 1.165) is 12.8 Å². The molecule has 0 saturated carbocycles. The van der Waals surface area contributed by atoms with Gasteiger partial charge in [0.2, 0.25) is 0 Å². The molecule has 0 aromatic rings. The molecule has 0 saturated heterocycles. The highest BCUT2D eigenvalue weighted by molar-refractivity contribution is 4.72. The number of hydrogen-bond acceptors (Lipinski definition) is 1. The first kappa shape index (κ1) is 14.0. The molecule has 2 unspecified atom stereocenters. The van der Waals surface area contributed by atoms with Gasteiger partial charge in [0.15, 0.2) is 0 Å². The first-order valence-electron chi connectivity index (χ1n) is 6.02. The number of hydrogen-bond donors (Lipinski definition) is 1. The van der Waals surface area contributed by atoms with Gasteiger partial charge >= 0.3 is 0 Å². The lowest BCUT2D eigenvalue weighted by Crippen LogP contribution is -2.27. The maximum Gasteiger partial charge on any atom is 0.0591 e. The van der Waals surface area contributed by atoms with Gasteiger partial charge in [0.1, 0.15) is 0 Å². The molecule has 1 N–H and O–H groups in total. The van der Waals surface area contributed by atoms with Crippen molar-refractivity contribution in [2.24, 2.45) is 23.7 Å². The van der Waals surface area contributed by atoms with Crippen LogP contribution in [0.2, 0.25) is 0 Å². The van der Waals surface area contributed by atoms with Gasteiger partial charge in [-0.2, -0.15) is 0 Å². The summed E-state index contributed by atoms with van der Waals surface area (Å²) in [6.45, 7) is 13.2.